The SMILES string of the molecule is Cc1[c-]cc(C(C)(C)C)cc1C.[Re]. The van der Waals surface area contributed by atoms with Gasteiger partial charge in [0.25, 0.3) is 0 Å². The molecule has 0 nitrogen and oxygen atoms in total. The third kappa shape index (κ3) is 3.25. The largest absolute Gasteiger partial charge is 0.180 e. The molecular weight excluding hydrogens is 330 g/mol. The molecule has 0 heterocycles. The molecule has 0 atom stereocenters. The normalized spacial score (nSPS) is 10.8. The van der Waals surface area contributed by atoms with Crippen LogP contribution in [-0.4, -0.2) is 0 Å². The molecule has 0 unspecified atom stereocenters. The van der Waals surface area contributed by atoms with Gasteiger partial charge in [0, 0.05) is 20.4 Å². The van der Waals surface area contributed by atoms with Gasteiger partial charge >= 0.3 is 0 Å². The molecule has 0 amide bonds. The Morgan fingerprint density at radius 2 is 1.69 bits per heavy atom. The summed E-state index contributed by atoms with van der Waals surface area (Å²) in [7, 11) is 0. The molecule has 0 bridgehead atoms. The Labute approximate surface area is 95.4 Å². The minimum Gasteiger partial charge on any atom is -0.180 e. The first-order valence-corrected chi connectivity index (χ1v) is 4.40. The second-order valence-corrected chi connectivity index (χ2v) is 4.45. The van der Waals surface area contributed by atoms with E-state index in [0.717, 1.165) is 0 Å². The molecule has 0 aliphatic heterocycles. The molecular formula is C12H17Re-. The van der Waals surface area contributed by atoms with Gasteiger partial charge in [-0.2, -0.15) is 34.9 Å². The van der Waals surface area contributed by atoms with Crippen molar-refractivity contribution >= 4 is 0 Å². The molecule has 0 saturated carbocycles. The van der Waals surface area contributed by atoms with Crippen molar-refractivity contribution in [1.29, 1.82) is 0 Å². The van der Waals surface area contributed by atoms with Crippen molar-refractivity contribution in [2.75, 3.05) is 0 Å². The summed E-state index contributed by atoms with van der Waals surface area (Å²) in [6, 6.07) is 7.63. The Hall–Kier alpha value is -0.118. The van der Waals surface area contributed by atoms with Gasteiger partial charge in [0.15, 0.2) is 0 Å². The van der Waals surface area contributed by atoms with E-state index in [9.17, 15) is 0 Å². The molecule has 13 heavy (non-hydrogen) atoms. The maximum atomic E-state index is 3.27. The molecule has 0 saturated heterocycles. The van der Waals surface area contributed by atoms with Crippen LogP contribution in [0.1, 0.15) is 37.5 Å². The molecule has 1 aromatic rings. The number of hydrogen-bond acceptors (Lipinski definition) is 0. The Kier molecular flexibility index (Phi) is 4.36. The van der Waals surface area contributed by atoms with Crippen LogP contribution < -0.4 is 0 Å². The Morgan fingerprint density at radius 3 is 2.08 bits per heavy atom. The zero-order chi connectivity index (χ0) is 9.35. The molecule has 0 spiro atoms. The van der Waals surface area contributed by atoms with Crippen molar-refractivity contribution in [2.24, 2.45) is 0 Å². The summed E-state index contributed by atoms with van der Waals surface area (Å²) in [5.41, 5.74) is 4.20. The molecule has 1 radical (unpaired) electrons. The summed E-state index contributed by atoms with van der Waals surface area (Å²) >= 11 is 0. The van der Waals surface area contributed by atoms with Crippen LogP contribution in [0.2, 0.25) is 0 Å². The Morgan fingerprint density at radius 1 is 1.15 bits per heavy atom. The van der Waals surface area contributed by atoms with E-state index in [-0.39, 0.29) is 25.8 Å². The smallest absolute Gasteiger partial charge is 0 e. The molecule has 1 heteroatoms. The third-order valence-corrected chi connectivity index (χ3v) is 2.27. The van der Waals surface area contributed by atoms with E-state index in [0.29, 0.717) is 0 Å². The molecule has 0 N–H and O–H groups in total. The molecule has 0 aliphatic rings. The zero-order valence-electron chi connectivity index (χ0n) is 9.03. The fourth-order valence-corrected chi connectivity index (χ4v) is 1.12. The Balaban J connectivity index is 0.00000144. The van der Waals surface area contributed by atoms with E-state index in [1.165, 1.54) is 16.7 Å². The average molecular weight is 347 g/mol. The van der Waals surface area contributed by atoms with Gasteiger partial charge < -0.3 is 0 Å². The molecule has 1 aromatic carbocycles. The fraction of sp³-hybridized carbons (Fsp3) is 0.500. The zero-order valence-corrected chi connectivity index (χ0v) is 11.7. The van der Waals surface area contributed by atoms with Gasteiger partial charge in [0.05, 0.1) is 0 Å². The van der Waals surface area contributed by atoms with E-state index in [1.807, 2.05) is 0 Å². The minimum atomic E-state index is 0. The quantitative estimate of drug-likeness (QED) is 0.631. The summed E-state index contributed by atoms with van der Waals surface area (Å²) in [6.45, 7) is 10.9. The van der Waals surface area contributed by atoms with Gasteiger partial charge in [-0.25, -0.2) is 0 Å². The standard InChI is InChI=1S/C12H17.Re/c1-9-6-7-11(8-10(9)2)12(3,4)5;/h7-8H,1-5H3;/q-1;. The van der Waals surface area contributed by atoms with Crippen molar-refractivity contribution in [3.05, 3.63) is 34.9 Å². The third-order valence-electron chi connectivity index (χ3n) is 2.27. The van der Waals surface area contributed by atoms with Crippen molar-refractivity contribution in [3.63, 3.8) is 0 Å². The second kappa shape index (κ2) is 4.40. The van der Waals surface area contributed by atoms with Crippen LogP contribution in [0.25, 0.3) is 0 Å². The summed E-state index contributed by atoms with van der Waals surface area (Å²) in [6.07, 6.45) is 0. The van der Waals surface area contributed by atoms with E-state index in [1.54, 1.807) is 0 Å². The summed E-state index contributed by atoms with van der Waals surface area (Å²) in [5.74, 6) is 0. The van der Waals surface area contributed by atoms with Crippen LogP contribution >= 0.6 is 0 Å². The van der Waals surface area contributed by atoms with Crippen LogP contribution in [0.15, 0.2) is 12.1 Å². The molecule has 1 rings (SSSR count). The van der Waals surface area contributed by atoms with Gasteiger partial charge in [-0.05, 0) is 0 Å². The number of hydrogen-bond donors (Lipinski definition) is 0. The van der Waals surface area contributed by atoms with Crippen molar-refractivity contribution in [2.45, 2.75) is 40.0 Å². The Bertz CT molecular complexity index is 282. The van der Waals surface area contributed by atoms with Gasteiger partial charge in [0.2, 0.25) is 0 Å². The van der Waals surface area contributed by atoms with Gasteiger partial charge in [-0.1, -0.05) is 40.0 Å². The first kappa shape index (κ1) is 12.9. The first-order chi connectivity index (χ1) is 5.41. The van der Waals surface area contributed by atoms with Crippen molar-refractivity contribution < 1.29 is 20.4 Å². The van der Waals surface area contributed by atoms with Gasteiger partial charge in [-0.3, -0.25) is 0 Å². The van der Waals surface area contributed by atoms with Crippen molar-refractivity contribution in [3.8, 4) is 0 Å². The summed E-state index contributed by atoms with van der Waals surface area (Å²) in [5, 5.41) is 0. The number of aryl methyl sites for hydroxylation is 2. The number of benzene rings is 1. The van der Waals surface area contributed by atoms with E-state index < -0.39 is 0 Å². The molecule has 0 aliphatic carbocycles. The second-order valence-electron chi connectivity index (χ2n) is 4.45. The maximum absolute atomic E-state index is 3.27. The monoisotopic (exact) mass is 348 g/mol. The average Bonchev–Trinajstić information content (AvgIpc) is 1.92. The predicted molar refractivity (Wildman–Crippen MR) is 53.5 cm³/mol. The molecule has 73 valence electrons. The van der Waals surface area contributed by atoms with Crippen LogP contribution in [0.5, 0.6) is 0 Å². The minimum absolute atomic E-state index is 0. The van der Waals surface area contributed by atoms with E-state index >= 15 is 0 Å². The first-order valence-electron chi connectivity index (χ1n) is 4.40. The van der Waals surface area contributed by atoms with E-state index in [2.05, 4.69) is 52.8 Å². The maximum Gasteiger partial charge on any atom is 0 e. The molecule has 0 fully saturated rings. The van der Waals surface area contributed by atoms with Crippen LogP contribution in [-0.2, 0) is 25.8 Å². The summed E-state index contributed by atoms with van der Waals surface area (Å²) < 4.78 is 0. The van der Waals surface area contributed by atoms with Crippen LogP contribution in [0.3, 0.4) is 0 Å². The topological polar surface area (TPSA) is 0 Å². The fourth-order valence-electron chi connectivity index (χ4n) is 1.12. The number of rotatable bonds is 0. The predicted octanol–water partition coefficient (Wildman–Crippen LogP) is 3.40. The van der Waals surface area contributed by atoms with E-state index in [4.69, 9.17) is 0 Å². The molecule has 0 aromatic heterocycles. The summed E-state index contributed by atoms with van der Waals surface area (Å²) in [4.78, 5) is 0. The van der Waals surface area contributed by atoms with Gasteiger partial charge in [0.1, 0.15) is 0 Å². The van der Waals surface area contributed by atoms with Crippen LogP contribution in [0, 0.1) is 19.9 Å². The van der Waals surface area contributed by atoms with Crippen molar-refractivity contribution in [1.82, 2.24) is 0 Å². The van der Waals surface area contributed by atoms with Gasteiger partial charge in [-0.15, -0.1) is 0 Å². The van der Waals surface area contributed by atoms with Crippen LogP contribution in [0.4, 0.5) is 0 Å².